The van der Waals surface area contributed by atoms with Crippen molar-refractivity contribution in [1.29, 1.82) is 0 Å². The number of aromatic amines is 1. The molecule has 0 radical (unpaired) electrons. The monoisotopic (exact) mass is 379 g/mol. The quantitative estimate of drug-likeness (QED) is 0.728. The molecule has 0 saturated carbocycles. The highest BCUT2D eigenvalue weighted by Gasteiger charge is 2.26. The summed E-state index contributed by atoms with van der Waals surface area (Å²) in [6, 6.07) is 11.1. The summed E-state index contributed by atoms with van der Waals surface area (Å²) in [6.45, 7) is 1.30. The van der Waals surface area contributed by atoms with Crippen LogP contribution in [-0.4, -0.2) is 44.0 Å². The zero-order chi connectivity index (χ0) is 19.3. The molecule has 2 aromatic heterocycles. The molecule has 0 bridgehead atoms. The second-order valence-electron chi connectivity index (χ2n) is 6.89. The molecule has 1 saturated heterocycles. The standard InChI is InChI=1S/C20H21N5O3/c26-17-11-16(21-13-22-17)15-7-4-10-25(12-15)19(27)9-8-18-23-20(24-28-18)14-5-2-1-3-6-14/h1-3,5-6,11,13,15H,4,7-10,12H2,(H,21,22,26)/t15-/m0/s1. The molecule has 1 atom stereocenters. The first-order valence-electron chi connectivity index (χ1n) is 9.39. The molecular weight excluding hydrogens is 358 g/mol. The van der Waals surface area contributed by atoms with Gasteiger partial charge in [0.05, 0.1) is 12.0 Å². The zero-order valence-corrected chi connectivity index (χ0v) is 15.4. The summed E-state index contributed by atoms with van der Waals surface area (Å²) in [6.07, 6.45) is 3.95. The topological polar surface area (TPSA) is 105 Å². The van der Waals surface area contributed by atoms with Crippen LogP contribution in [0.1, 0.15) is 36.8 Å². The molecule has 4 rings (SSSR count). The highest BCUT2D eigenvalue weighted by Crippen LogP contribution is 2.25. The van der Waals surface area contributed by atoms with Crippen molar-refractivity contribution in [2.75, 3.05) is 13.1 Å². The Balaban J connectivity index is 1.35. The number of carbonyl (C=O) groups is 1. The van der Waals surface area contributed by atoms with Gasteiger partial charge < -0.3 is 14.4 Å². The number of aryl methyl sites for hydroxylation is 1. The first kappa shape index (κ1) is 18.1. The molecule has 1 fully saturated rings. The van der Waals surface area contributed by atoms with Crippen LogP contribution in [0.15, 0.2) is 52.0 Å². The lowest BCUT2D eigenvalue weighted by Crippen LogP contribution is -2.39. The summed E-state index contributed by atoms with van der Waals surface area (Å²) in [7, 11) is 0. The molecular formula is C20H21N5O3. The molecule has 1 aromatic carbocycles. The van der Waals surface area contributed by atoms with E-state index < -0.39 is 0 Å². The third-order valence-electron chi connectivity index (χ3n) is 4.94. The van der Waals surface area contributed by atoms with E-state index in [0.29, 0.717) is 31.1 Å². The molecule has 1 aliphatic rings. The lowest BCUT2D eigenvalue weighted by molar-refractivity contribution is -0.132. The zero-order valence-electron chi connectivity index (χ0n) is 15.4. The van der Waals surface area contributed by atoms with Crippen molar-refractivity contribution >= 4 is 5.91 Å². The number of nitrogens with one attached hydrogen (secondary N) is 1. The van der Waals surface area contributed by atoms with E-state index in [-0.39, 0.29) is 17.4 Å². The maximum Gasteiger partial charge on any atom is 0.250 e. The summed E-state index contributed by atoms with van der Waals surface area (Å²) in [4.78, 5) is 37.1. The van der Waals surface area contributed by atoms with Crippen LogP contribution in [0.4, 0.5) is 0 Å². The highest BCUT2D eigenvalue weighted by molar-refractivity contribution is 5.76. The fraction of sp³-hybridized carbons (Fsp3) is 0.350. The number of hydrogen-bond acceptors (Lipinski definition) is 6. The van der Waals surface area contributed by atoms with Gasteiger partial charge in [-0.15, -0.1) is 0 Å². The molecule has 144 valence electrons. The maximum atomic E-state index is 12.6. The number of nitrogens with zero attached hydrogens (tertiary/aromatic N) is 4. The minimum Gasteiger partial charge on any atom is -0.342 e. The number of likely N-dealkylation sites (tertiary alicyclic amines) is 1. The van der Waals surface area contributed by atoms with Crippen LogP contribution in [0.25, 0.3) is 11.4 Å². The molecule has 28 heavy (non-hydrogen) atoms. The number of carbonyl (C=O) groups excluding carboxylic acids is 1. The van der Waals surface area contributed by atoms with E-state index in [1.165, 1.54) is 12.4 Å². The van der Waals surface area contributed by atoms with E-state index in [4.69, 9.17) is 4.52 Å². The van der Waals surface area contributed by atoms with Gasteiger partial charge in [0, 0.05) is 43.5 Å². The number of rotatable bonds is 5. The van der Waals surface area contributed by atoms with Gasteiger partial charge in [0.25, 0.3) is 5.56 Å². The van der Waals surface area contributed by atoms with Gasteiger partial charge in [-0.3, -0.25) is 9.59 Å². The van der Waals surface area contributed by atoms with E-state index in [0.717, 1.165) is 30.6 Å². The normalized spacial score (nSPS) is 16.9. The minimum absolute atomic E-state index is 0.0500. The molecule has 3 aromatic rings. The van der Waals surface area contributed by atoms with Crippen molar-refractivity contribution in [3.63, 3.8) is 0 Å². The average Bonchev–Trinajstić information content (AvgIpc) is 3.22. The van der Waals surface area contributed by atoms with Gasteiger partial charge in [0.2, 0.25) is 17.6 Å². The predicted octanol–water partition coefficient (Wildman–Crippen LogP) is 2.16. The van der Waals surface area contributed by atoms with E-state index >= 15 is 0 Å². The lowest BCUT2D eigenvalue weighted by Gasteiger charge is -2.32. The molecule has 3 heterocycles. The SMILES string of the molecule is O=C(CCc1nc(-c2ccccc2)no1)N1CCC[C@H](c2cc(=O)[nH]cn2)C1. The van der Waals surface area contributed by atoms with Crippen molar-refractivity contribution in [1.82, 2.24) is 25.0 Å². The van der Waals surface area contributed by atoms with Gasteiger partial charge in [-0.1, -0.05) is 35.5 Å². The second kappa shape index (κ2) is 8.16. The molecule has 8 heteroatoms. The largest absolute Gasteiger partial charge is 0.342 e. The van der Waals surface area contributed by atoms with Crippen molar-refractivity contribution < 1.29 is 9.32 Å². The molecule has 1 aliphatic heterocycles. The van der Waals surface area contributed by atoms with Crippen LogP contribution in [-0.2, 0) is 11.2 Å². The van der Waals surface area contributed by atoms with Gasteiger partial charge in [0.15, 0.2) is 0 Å². The average molecular weight is 379 g/mol. The van der Waals surface area contributed by atoms with Crippen LogP contribution < -0.4 is 5.56 Å². The first-order valence-corrected chi connectivity index (χ1v) is 9.39. The van der Waals surface area contributed by atoms with Crippen molar-refractivity contribution in [3.8, 4) is 11.4 Å². The van der Waals surface area contributed by atoms with Crippen molar-refractivity contribution in [2.45, 2.75) is 31.6 Å². The molecule has 8 nitrogen and oxygen atoms in total. The van der Waals surface area contributed by atoms with Crippen molar-refractivity contribution in [2.24, 2.45) is 0 Å². The van der Waals surface area contributed by atoms with Crippen LogP contribution in [0.2, 0.25) is 0 Å². The van der Waals surface area contributed by atoms with E-state index in [1.807, 2.05) is 35.2 Å². The fourth-order valence-electron chi connectivity index (χ4n) is 3.48. The Morgan fingerprint density at radius 3 is 2.96 bits per heavy atom. The third kappa shape index (κ3) is 4.16. The van der Waals surface area contributed by atoms with Crippen molar-refractivity contribution in [3.05, 3.63) is 64.7 Å². The van der Waals surface area contributed by atoms with Gasteiger partial charge in [-0.25, -0.2) is 4.98 Å². The minimum atomic E-state index is -0.168. The van der Waals surface area contributed by atoms with Gasteiger partial charge in [0.1, 0.15) is 0 Å². The highest BCUT2D eigenvalue weighted by atomic mass is 16.5. The van der Waals surface area contributed by atoms with Gasteiger partial charge in [-0.2, -0.15) is 4.98 Å². The molecule has 1 N–H and O–H groups in total. The Kier molecular flexibility index (Phi) is 5.27. The van der Waals surface area contributed by atoms with Crippen LogP contribution in [0, 0.1) is 0 Å². The Morgan fingerprint density at radius 2 is 2.14 bits per heavy atom. The van der Waals surface area contributed by atoms with E-state index in [1.54, 1.807) is 0 Å². The summed E-state index contributed by atoms with van der Waals surface area (Å²) >= 11 is 0. The number of benzene rings is 1. The molecule has 0 spiro atoms. The predicted molar refractivity (Wildman–Crippen MR) is 101 cm³/mol. The second-order valence-corrected chi connectivity index (χ2v) is 6.89. The van der Waals surface area contributed by atoms with Crippen LogP contribution >= 0.6 is 0 Å². The van der Waals surface area contributed by atoms with Gasteiger partial charge >= 0.3 is 0 Å². The Labute approximate surface area is 161 Å². The summed E-state index contributed by atoms with van der Waals surface area (Å²) in [5.74, 6) is 1.13. The number of hydrogen-bond donors (Lipinski definition) is 1. The fourth-order valence-corrected chi connectivity index (χ4v) is 3.48. The first-order chi connectivity index (χ1) is 13.7. The Hall–Kier alpha value is -3.29. The van der Waals surface area contributed by atoms with Crippen LogP contribution in [0.5, 0.6) is 0 Å². The summed E-state index contributed by atoms with van der Waals surface area (Å²) in [5, 5.41) is 3.99. The Bertz CT molecular complexity index is 998. The molecule has 1 amide bonds. The summed E-state index contributed by atoms with van der Waals surface area (Å²) < 4.78 is 5.28. The number of piperidine rings is 1. The Morgan fingerprint density at radius 1 is 1.29 bits per heavy atom. The van der Waals surface area contributed by atoms with Gasteiger partial charge in [-0.05, 0) is 12.8 Å². The number of H-pyrrole nitrogens is 1. The number of aromatic nitrogens is 4. The smallest absolute Gasteiger partial charge is 0.250 e. The van der Waals surface area contributed by atoms with E-state index in [2.05, 4.69) is 20.1 Å². The maximum absolute atomic E-state index is 12.6. The number of amides is 1. The van der Waals surface area contributed by atoms with E-state index in [9.17, 15) is 9.59 Å². The molecule has 0 aliphatic carbocycles. The lowest BCUT2D eigenvalue weighted by atomic mass is 9.94. The third-order valence-corrected chi connectivity index (χ3v) is 4.94. The summed E-state index contributed by atoms with van der Waals surface area (Å²) in [5.41, 5.74) is 1.46. The van der Waals surface area contributed by atoms with Crippen LogP contribution in [0.3, 0.4) is 0 Å². The molecule has 0 unspecified atom stereocenters.